The summed E-state index contributed by atoms with van der Waals surface area (Å²) in [5.41, 5.74) is 3.48. The Labute approximate surface area is 178 Å². The molecule has 3 aliphatic rings. The second kappa shape index (κ2) is 7.78. The molecule has 2 aromatic carbocycles. The zero-order chi connectivity index (χ0) is 20.7. The van der Waals surface area contributed by atoms with Gasteiger partial charge in [0, 0.05) is 42.0 Å². The van der Waals surface area contributed by atoms with Crippen LogP contribution < -0.4 is 5.32 Å². The van der Waals surface area contributed by atoms with Crippen LogP contribution >= 0.6 is 0 Å². The molecule has 30 heavy (non-hydrogen) atoms. The Morgan fingerprint density at radius 1 is 1.00 bits per heavy atom. The first-order chi connectivity index (χ1) is 14.6. The maximum atomic E-state index is 12.9. The van der Waals surface area contributed by atoms with Crippen molar-refractivity contribution in [2.45, 2.75) is 38.8 Å². The Kier molecular flexibility index (Phi) is 4.97. The van der Waals surface area contributed by atoms with Gasteiger partial charge in [0.1, 0.15) is 6.17 Å². The summed E-state index contributed by atoms with van der Waals surface area (Å²) in [6.45, 7) is 4.74. The van der Waals surface area contributed by atoms with E-state index in [-0.39, 0.29) is 18.0 Å². The molecule has 156 valence electrons. The first-order valence-corrected chi connectivity index (χ1v) is 11.2. The zero-order valence-corrected chi connectivity index (χ0v) is 17.5. The number of nitrogens with one attached hydrogen (secondary N) is 1. The maximum absolute atomic E-state index is 12.9. The summed E-state index contributed by atoms with van der Waals surface area (Å²) in [7, 11) is 0. The van der Waals surface area contributed by atoms with Crippen LogP contribution in [-0.2, 0) is 0 Å². The van der Waals surface area contributed by atoms with Crippen LogP contribution in [0.4, 0.5) is 5.69 Å². The van der Waals surface area contributed by atoms with Gasteiger partial charge in [-0.15, -0.1) is 0 Å². The third-order valence-corrected chi connectivity index (χ3v) is 6.72. The van der Waals surface area contributed by atoms with Crippen LogP contribution in [0.25, 0.3) is 0 Å². The molecule has 1 atom stereocenters. The van der Waals surface area contributed by atoms with E-state index in [1.807, 2.05) is 58.3 Å². The highest BCUT2D eigenvalue weighted by molar-refractivity contribution is 5.99. The van der Waals surface area contributed by atoms with E-state index in [1.165, 1.54) is 12.8 Å². The number of nitrogens with zero attached hydrogens (tertiary/aromatic N) is 2. The fourth-order valence-corrected chi connectivity index (χ4v) is 4.55. The number of benzene rings is 2. The van der Waals surface area contributed by atoms with E-state index in [9.17, 15) is 9.59 Å². The van der Waals surface area contributed by atoms with Crippen molar-refractivity contribution in [3.05, 3.63) is 65.2 Å². The number of piperidine rings is 1. The molecule has 5 nitrogen and oxygen atoms in total. The number of rotatable bonds is 5. The summed E-state index contributed by atoms with van der Waals surface area (Å²) in [5, 5.41) is 3.54. The Balaban J connectivity index is 1.32. The van der Waals surface area contributed by atoms with E-state index in [4.69, 9.17) is 0 Å². The van der Waals surface area contributed by atoms with E-state index in [0.29, 0.717) is 11.8 Å². The van der Waals surface area contributed by atoms with Gasteiger partial charge in [0.2, 0.25) is 0 Å². The second-order valence-corrected chi connectivity index (χ2v) is 9.09. The Hall–Kier alpha value is -2.82. The number of anilines is 1. The van der Waals surface area contributed by atoms with Crippen molar-refractivity contribution in [3.63, 3.8) is 0 Å². The van der Waals surface area contributed by atoms with E-state index in [2.05, 4.69) is 12.2 Å². The molecule has 0 radical (unpaired) electrons. The lowest BCUT2D eigenvalue weighted by molar-refractivity contribution is 0.0696. The summed E-state index contributed by atoms with van der Waals surface area (Å²) in [6.07, 6.45) is 4.42. The molecular formula is C25H29N3O2. The lowest BCUT2D eigenvalue weighted by Gasteiger charge is -2.30. The fourth-order valence-electron chi connectivity index (χ4n) is 4.55. The maximum Gasteiger partial charge on any atom is 0.256 e. The third-order valence-electron chi connectivity index (χ3n) is 6.72. The molecule has 1 unspecified atom stereocenters. The molecule has 0 spiro atoms. The molecule has 1 N–H and O–H groups in total. The summed E-state index contributed by atoms with van der Waals surface area (Å²) in [4.78, 5) is 29.7. The largest absolute Gasteiger partial charge is 0.361 e. The third kappa shape index (κ3) is 3.69. The standard InChI is InChI=1S/C25H29N3O2/c1-17-12-14-27(15-13-17)24(29)19-8-10-20(11-9-19)26-23-21-4-2-3-5-22(21)25(30)28(23)16-18-6-7-18/h2-5,8-11,17-18,23,26H,6-7,12-16H2,1H3. The predicted molar refractivity (Wildman–Crippen MR) is 117 cm³/mol. The average molecular weight is 404 g/mol. The number of carbonyl (C=O) groups excluding carboxylic acids is 2. The lowest BCUT2D eigenvalue weighted by atomic mass is 9.98. The van der Waals surface area contributed by atoms with Gasteiger partial charge in [0.05, 0.1) is 0 Å². The molecule has 2 aliphatic heterocycles. The van der Waals surface area contributed by atoms with Crippen molar-refractivity contribution in [2.75, 3.05) is 25.0 Å². The van der Waals surface area contributed by atoms with Crippen molar-refractivity contribution >= 4 is 17.5 Å². The van der Waals surface area contributed by atoms with Gasteiger partial charge in [0.15, 0.2) is 0 Å². The molecule has 0 aromatic heterocycles. The Morgan fingerprint density at radius 2 is 1.70 bits per heavy atom. The molecule has 2 heterocycles. The quantitative estimate of drug-likeness (QED) is 0.798. The number of hydrogen-bond donors (Lipinski definition) is 1. The van der Waals surface area contributed by atoms with Crippen LogP contribution in [0.5, 0.6) is 0 Å². The van der Waals surface area contributed by atoms with Gasteiger partial charge in [0.25, 0.3) is 11.8 Å². The van der Waals surface area contributed by atoms with Crippen LogP contribution in [0, 0.1) is 11.8 Å². The monoisotopic (exact) mass is 403 g/mol. The minimum atomic E-state index is -0.153. The smallest absolute Gasteiger partial charge is 0.256 e. The SMILES string of the molecule is CC1CCN(C(=O)c2ccc(NC3c4ccccc4C(=O)N3CC3CC3)cc2)CC1. The number of amides is 2. The topological polar surface area (TPSA) is 52.7 Å². The van der Waals surface area contributed by atoms with Crippen molar-refractivity contribution in [1.29, 1.82) is 0 Å². The first-order valence-electron chi connectivity index (χ1n) is 11.2. The fraction of sp³-hybridized carbons (Fsp3) is 0.440. The average Bonchev–Trinajstić information content (AvgIpc) is 3.56. The van der Waals surface area contributed by atoms with Crippen LogP contribution in [0.1, 0.15) is 65.1 Å². The molecule has 1 saturated heterocycles. The van der Waals surface area contributed by atoms with Crippen LogP contribution in [0.15, 0.2) is 48.5 Å². The first kappa shape index (κ1) is 19.2. The van der Waals surface area contributed by atoms with E-state index in [1.54, 1.807) is 0 Å². The molecule has 5 rings (SSSR count). The van der Waals surface area contributed by atoms with Crippen molar-refractivity contribution in [1.82, 2.24) is 9.80 Å². The van der Waals surface area contributed by atoms with Gasteiger partial charge >= 0.3 is 0 Å². The van der Waals surface area contributed by atoms with Crippen LogP contribution in [0.3, 0.4) is 0 Å². The molecule has 1 saturated carbocycles. The molecule has 2 amide bonds. The summed E-state index contributed by atoms with van der Waals surface area (Å²) >= 11 is 0. The number of carbonyl (C=O) groups is 2. The number of fused-ring (bicyclic) bond motifs is 1. The zero-order valence-electron chi connectivity index (χ0n) is 17.5. The summed E-state index contributed by atoms with van der Waals surface area (Å²) < 4.78 is 0. The van der Waals surface area contributed by atoms with Gasteiger partial charge in [-0.3, -0.25) is 9.59 Å². The molecular weight excluding hydrogens is 374 g/mol. The predicted octanol–water partition coefficient (Wildman–Crippen LogP) is 4.54. The van der Waals surface area contributed by atoms with Gasteiger partial charge in [-0.2, -0.15) is 0 Å². The highest BCUT2D eigenvalue weighted by atomic mass is 16.2. The van der Waals surface area contributed by atoms with Crippen molar-refractivity contribution < 1.29 is 9.59 Å². The molecule has 0 bridgehead atoms. The highest BCUT2D eigenvalue weighted by Gasteiger charge is 2.39. The minimum absolute atomic E-state index is 0.112. The van der Waals surface area contributed by atoms with E-state index >= 15 is 0 Å². The number of hydrogen-bond acceptors (Lipinski definition) is 3. The number of likely N-dealkylation sites (tertiary alicyclic amines) is 1. The summed E-state index contributed by atoms with van der Waals surface area (Å²) in [5.74, 6) is 1.56. The summed E-state index contributed by atoms with van der Waals surface area (Å²) in [6, 6.07) is 15.6. The minimum Gasteiger partial charge on any atom is -0.361 e. The van der Waals surface area contributed by atoms with Gasteiger partial charge in [-0.25, -0.2) is 0 Å². The Morgan fingerprint density at radius 3 is 2.40 bits per heavy atom. The normalized spacial score (nSPS) is 21.6. The molecule has 2 fully saturated rings. The lowest BCUT2D eigenvalue weighted by Crippen LogP contribution is -2.37. The van der Waals surface area contributed by atoms with Gasteiger partial charge in [-0.1, -0.05) is 25.1 Å². The molecule has 5 heteroatoms. The Bertz CT molecular complexity index is 943. The van der Waals surface area contributed by atoms with Crippen LogP contribution in [-0.4, -0.2) is 41.2 Å². The highest BCUT2D eigenvalue weighted by Crippen LogP contribution is 2.39. The van der Waals surface area contributed by atoms with E-state index in [0.717, 1.165) is 54.9 Å². The van der Waals surface area contributed by atoms with Crippen molar-refractivity contribution in [2.24, 2.45) is 11.8 Å². The van der Waals surface area contributed by atoms with E-state index < -0.39 is 0 Å². The second-order valence-electron chi connectivity index (χ2n) is 9.09. The van der Waals surface area contributed by atoms with Crippen LogP contribution in [0.2, 0.25) is 0 Å². The van der Waals surface area contributed by atoms with Crippen molar-refractivity contribution in [3.8, 4) is 0 Å². The van der Waals surface area contributed by atoms with Gasteiger partial charge < -0.3 is 15.1 Å². The molecule has 2 aromatic rings. The van der Waals surface area contributed by atoms with Gasteiger partial charge in [-0.05, 0) is 67.9 Å². The molecule has 1 aliphatic carbocycles.